The Balaban J connectivity index is 1.74. The molecule has 1 fully saturated rings. The maximum Gasteiger partial charge on any atom is 0.165 e. The van der Waals surface area contributed by atoms with Crippen LogP contribution in [0.25, 0.3) is 0 Å². The van der Waals surface area contributed by atoms with Gasteiger partial charge in [0.05, 0.1) is 25.7 Å². The van der Waals surface area contributed by atoms with Crippen molar-refractivity contribution in [1.82, 2.24) is 10.6 Å². The van der Waals surface area contributed by atoms with Gasteiger partial charge < -0.3 is 15.4 Å². The fourth-order valence-electron chi connectivity index (χ4n) is 2.90. The van der Waals surface area contributed by atoms with Crippen molar-refractivity contribution in [3.8, 4) is 5.75 Å². The number of Topliss-reactive ketones (excluding diaryl/α,β-unsaturated/α-hetero) is 1. The second kappa shape index (κ2) is 6.73. The van der Waals surface area contributed by atoms with E-state index >= 15 is 0 Å². The second-order valence-corrected chi connectivity index (χ2v) is 5.41. The minimum Gasteiger partial charge on any atom is -0.496 e. The Morgan fingerprint density at radius 1 is 1.14 bits per heavy atom. The van der Waals surface area contributed by atoms with Gasteiger partial charge in [0.2, 0.25) is 0 Å². The highest BCUT2D eigenvalue weighted by molar-refractivity contribution is 5.89. The van der Waals surface area contributed by atoms with E-state index in [0.29, 0.717) is 13.1 Å². The number of ether oxygens (including phenoxy) is 1. The van der Waals surface area contributed by atoms with Gasteiger partial charge in [-0.25, -0.2) is 0 Å². The summed E-state index contributed by atoms with van der Waals surface area (Å²) in [5.74, 6) is 1.04. The van der Waals surface area contributed by atoms with Gasteiger partial charge in [-0.2, -0.15) is 0 Å². The largest absolute Gasteiger partial charge is 0.496 e. The molecule has 2 unspecified atom stereocenters. The molecular formula is C18H20N2O2. The number of rotatable bonds is 5. The van der Waals surface area contributed by atoms with E-state index in [2.05, 4.69) is 10.6 Å². The molecule has 1 aliphatic heterocycles. The van der Waals surface area contributed by atoms with Crippen molar-refractivity contribution in [1.29, 1.82) is 0 Å². The van der Waals surface area contributed by atoms with E-state index in [4.69, 9.17) is 4.74 Å². The van der Waals surface area contributed by atoms with Gasteiger partial charge in [-0.3, -0.25) is 4.79 Å². The van der Waals surface area contributed by atoms with Gasteiger partial charge in [0, 0.05) is 12.1 Å². The highest BCUT2D eigenvalue weighted by atomic mass is 16.5. The number of benzene rings is 2. The average Bonchev–Trinajstić information content (AvgIpc) is 2.95. The van der Waals surface area contributed by atoms with Crippen molar-refractivity contribution >= 4 is 5.78 Å². The van der Waals surface area contributed by atoms with Crippen molar-refractivity contribution in [3.63, 3.8) is 0 Å². The zero-order valence-electron chi connectivity index (χ0n) is 12.6. The van der Waals surface area contributed by atoms with Crippen LogP contribution in [0.15, 0.2) is 54.6 Å². The molecule has 0 amide bonds. The SMILES string of the molecule is COc1ccccc1CNC1C(=O)CNC1c1ccccc1. The number of hydrogen-bond donors (Lipinski definition) is 2. The summed E-state index contributed by atoms with van der Waals surface area (Å²) < 4.78 is 5.36. The molecule has 2 atom stereocenters. The van der Waals surface area contributed by atoms with Crippen LogP contribution in [-0.2, 0) is 11.3 Å². The Labute approximate surface area is 130 Å². The van der Waals surface area contributed by atoms with Crippen molar-refractivity contribution < 1.29 is 9.53 Å². The first-order valence-electron chi connectivity index (χ1n) is 7.46. The molecule has 0 radical (unpaired) electrons. The highest BCUT2D eigenvalue weighted by Gasteiger charge is 2.34. The molecule has 22 heavy (non-hydrogen) atoms. The summed E-state index contributed by atoms with van der Waals surface area (Å²) in [4.78, 5) is 12.2. The van der Waals surface area contributed by atoms with Crippen LogP contribution in [0.3, 0.4) is 0 Å². The van der Waals surface area contributed by atoms with Crippen molar-refractivity contribution in [2.75, 3.05) is 13.7 Å². The lowest BCUT2D eigenvalue weighted by atomic mass is 10.00. The normalized spacial score (nSPS) is 21.0. The number of nitrogens with one attached hydrogen (secondary N) is 2. The maximum absolute atomic E-state index is 12.2. The van der Waals surface area contributed by atoms with Gasteiger partial charge in [-0.05, 0) is 11.6 Å². The summed E-state index contributed by atoms with van der Waals surface area (Å²) >= 11 is 0. The van der Waals surface area contributed by atoms with E-state index in [9.17, 15) is 4.79 Å². The zero-order valence-corrected chi connectivity index (χ0v) is 12.6. The Morgan fingerprint density at radius 2 is 1.86 bits per heavy atom. The van der Waals surface area contributed by atoms with Crippen LogP contribution in [0, 0.1) is 0 Å². The zero-order chi connectivity index (χ0) is 15.4. The smallest absolute Gasteiger partial charge is 0.165 e. The predicted molar refractivity (Wildman–Crippen MR) is 85.8 cm³/mol. The summed E-state index contributed by atoms with van der Waals surface area (Å²) in [6.07, 6.45) is 0. The fourth-order valence-corrected chi connectivity index (χ4v) is 2.90. The number of carbonyl (C=O) groups is 1. The van der Waals surface area contributed by atoms with Crippen LogP contribution in [-0.4, -0.2) is 25.5 Å². The Bertz CT molecular complexity index is 643. The predicted octanol–water partition coefficient (Wildman–Crippen LogP) is 2.07. The molecule has 2 aromatic rings. The first-order chi connectivity index (χ1) is 10.8. The molecule has 0 aliphatic carbocycles. The third-order valence-corrected chi connectivity index (χ3v) is 4.04. The number of para-hydroxylation sites is 1. The Morgan fingerprint density at radius 3 is 2.64 bits per heavy atom. The fraction of sp³-hybridized carbons (Fsp3) is 0.278. The van der Waals surface area contributed by atoms with Crippen molar-refractivity contribution in [2.45, 2.75) is 18.6 Å². The van der Waals surface area contributed by atoms with E-state index in [0.717, 1.165) is 16.9 Å². The molecule has 0 aromatic heterocycles. The third-order valence-electron chi connectivity index (χ3n) is 4.04. The molecule has 1 heterocycles. The molecule has 0 bridgehead atoms. The van der Waals surface area contributed by atoms with E-state index < -0.39 is 0 Å². The molecule has 4 nitrogen and oxygen atoms in total. The molecule has 1 saturated heterocycles. The monoisotopic (exact) mass is 296 g/mol. The summed E-state index contributed by atoms with van der Waals surface area (Å²) in [5.41, 5.74) is 2.18. The van der Waals surface area contributed by atoms with E-state index in [1.54, 1.807) is 7.11 Å². The Hall–Kier alpha value is -2.17. The van der Waals surface area contributed by atoms with Crippen molar-refractivity contribution in [2.24, 2.45) is 0 Å². The quantitative estimate of drug-likeness (QED) is 0.887. The van der Waals surface area contributed by atoms with Crippen molar-refractivity contribution in [3.05, 3.63) is 65.7 Å². The second-order valence-electron chi connectivity index (χ2n) is 5.41. The van der Waals surface area contributed by atoms with E-state index in [-0.39, 0.29) is 17.9 Å². The van der Waals surface area contributed by atoms with Gasteiger partial charge in [-0.15, -0.1) is 0 Å². The Kier molecular flexibility index (Phi) is 4.51. The molecule has 0 saturated carbocycles. The van der Waals surface area contributed by atoms with E-state index in [1.165, 1.54) is 0 Å². The maximum atomic E-state index is 12.2. The summed E-state index contributed by atoms with van der Waals surface area (Å²) in [5, 5.41) is 6.67. The van der Waals surface area contributed by atoms with Gasteiger partial charge in [0.25, 0.3) is 0 Å². The standard InChI is InChI=1S/C18H20N2O2/c1-22-16-10-6-5-9-14(16)11-19-18-15(21)12-20-17(18)13-7-3-2-4-8-13/h2-10,17-20H,11-12H2,1H3. The lowest BCUT2D eigenvalue weighted by Crippen LogP contribution is -2.38. The number of ketones is 1. The van der Waals surface area contributed by atoms with Gasteiger partial charge in [0.1, 0.15) is 5.75 Å². The molecule has 0 spiro atoms. The first kappa shape index (κ1) is 14.8. The molecule has 2 N–H and O–H groups in total. The lowest BCUT2D eigenvalue weighted by molar-refractivity contribution is -0.118. The first-order valence-corrected chi connectivity index (χ1v) is 7.46. The minimum absolute atomic E-state index is 0.0170. The van der Waals surface area contributed by atoms with Gasteiger partial charge >= 0.3 is 0 Å². The molecular weight excluding hydrogens is 276 g/mol. The summed E-state index contributed by atoms with van der Waals surface area (Å²) in [6, 6.07) is 17.7. The van der Waals surface area contributed by atoms with Crippen LogP contribution in [0.4, 0.5) is 0 Å². The number of carbonyl (C=O) groups excluding carboxylic acids is 1. The average molecular weight is 296 g/mol. The molecule has 4 heteroatoms. The molecule has 114 valence electrons. The summed E-state index contributed by atoms with van der Waals surface area (Å²) in [6.45, 7) is 1.01. The molecule has 2 aromatic carbocycles. The molecule has 1 aliphatic rings. The van der Waals surface area contributed by atoms with Gasteiger partial charge in [0.15, 0.2) is 5.78 Å². The van der Waals surface area contributed by atoms with Crippen LogP contribution >= 0.6 is 0 Å². The van der Waals surface area contributed by atoms with Crippen LogP contribution in [0.1, 0.15) is 17.2 Å². The van der Waals surface area contributed by atoms with E-state index in [1.807, 2.05) is 54.6 Å². The highest BCUT2D eigenvalue weighted by Crippen LogP contribution is 2.23. The van der Waals surface area contributed by atoms with Gasteiger partial charge in [-0.1, -0.05) is 48.5 Å². The third kappa shape index (κ3) is 3.03. The van der Waals surface area contributed by atoms with Crippen LogP contribution in [0.5, 0.6) is 5.75 Å². The van der Waals surface area contributed by atoms with Crippen LogP contribution in [0.2, 0.25) is 0 Å². The van der Waals surface area contributed by atoms with Crippen LogP contribution < -0.4 is 15.4 Å². The number of methoxy groups -OCH3 is 1. The topological polar surface area (TPSA) is 50.4 Å². The summed E-state index contributed by atoms with van der Waals surface area (Å²) in [7, 11) is 1.66. The minimum atomic E-state index is -0.215. The lowest BCUT2D eigenvalue weighted by Gasteiger charge is -2.20. The number of hydrogen-bond acceptors (Lipinski definition) is 4. The molecule has 3 rings (SSSR count).